The van der Waals surface area contributed by atoms with Crippen molar-refractivity contribution in [3.8, 4) is 11.5 Å². The summed E-state index contributed by atoms with van der Waals surface area (Å²) in [6.45, 7) is 0.259. The molecule has 84 valence electrons. The molecule has 0 radical (unpaired) electrons. The van der Waals surface area contributed by atoms with Crippen molar-refractivity contribution in [2.75, 3.05) is 12.1 Å². The van der Waals surface area contributed by atoms with Crippen LogP contribution in [0.5, 0.6) is 11.5 Å². The first kappa shape index (κ1) is 9.51. The van der Waals surface area contributed by atoms with Crippen molar-refractivity contribution < 1.29 is 14.3 Å². The van der Waals surface area contributed by atoms with Gasteiger partial charge in [-0.05, 0) is 25.0 Å². The number of nitrogens with one attached hydrogen (secondary N) is 1. The van der Waals surface area contributed by atoms with E-state index in [9.17, 15) is 4.79 Å². The number of carbonyl (C=O) groups excluding carboxylic acids is 1. The van der Waals surface area contributed by atoms with Gasteiger partial charge in [-0.1, -0.05) is 6.42 Å². The van der Waals surface area contributed by atoms with Crippen molar-refractivity contribution in [3.63, 3.8) is 0 Å². The third-order valence-electron chi connectivity index (χ3n) is 3.12. The SMILES string of the molecule is O=C(Nc1ccc2c(c1)OCO2)C1CCC1. The van der Waals surface area contributed by atoms with Gasteiger partial charge < -0.3 is 14.8 Å². The first-order chi connectivity index (χ1) is 7.83. The summed E-state index contributed by atoms with van der Waals surface area (Å²) < 4.78 is 10.5. The highest BCUT2D eigenvalue weighted by Gasteiger charge is 2.25. The Morgan fingerprint density at radius 3 is 2.81 bits per heavy atom. The maximum absolute atomic E-state index is 11.7. The number of amides is 1. The molecular formula is C12H13NO3. The number of fused-ring (bicyclic) bond motifs is 1. The van der Waals surface area contributed by atoms with Crippen LogP contribution in [0.25, 0.3) is 0 Å². The summed E-state index contributed by atoms with van der Waals surface area (Å²) in [6.07, 6.45) is 3.19. The van der Waals surface area contributed by atoms with Crippen molar-refractivity contribution >= 4 is 11.6 Å². The molecule has 3 rings (SSSR count). The molecule has 0 spiro atoms. The third kappa shape index (κ3) is 1.60. The molecule has 1 aromatic rings. The van der Waals surface area contributed by atoms with Crippen molar-refractivity contribution in [2.24, 2.45) is 5.92 Å². The van der Waals surface area contributed by atoms with Gasteiger partial charge in [-0.3, -0.25) is 4.79 Å². The smallest absolute Gasteiger partial charge is 0.231 e. The predicted octanol–water partition coefficient (Wildman–Crippen LogP) is 2.15. The summed E-state index contributed by atoms with van der Waals surface area (Å²) in [7, 11) is 0. The summed E-state index contributed by atoms with van der Waals surface area (Å²) in [5.41, 5.74) is 0.779. The second-order valence-electron chi connectivity index (χ2n) is 4.19. The Bertz CT molecular complexity index is 426. The number of ether oxygens (including phenoxy) is 2. The molecule has 1 saturated carbocycles. The normalized spacial score (nSPS) is 18.0. The van der Waals surface area contributed by atoms with Crippen LogP contribution in [0.1, 0.15) is 19.3 Å². The lowest BCUT2D eigenvalue weighted by Gasteiger charge is -2.24. The minimum atomic E-state index is 0.116. The van der Waals surface area contributed by atoms with Gasteiger partial charge in [0.1, 0.15) is 0 Å². The molecule has 0 saturated heterocycles. The summed E-state index contributed by atoms with van der Waals surface area (Å²) in [5.74, 6) is 1.75. The molecule has 4 nitrogen and oxygen atoms in total. The predicted molar refractivity (Wildman–Crippen MR) is 58.5 cm³/mol. The molecule has 0 unspecified atom stereocenters. The zero-order valence-corrected chi connectivity index (χ0v) is 8.86. The fraction of sp³-hybridized carbons (Fsp3) is 0.417. The molecule has 4 heteroatoms. The maximum atomic E-state index is 11.7. The molecular weight excluding hydrogens is 206 g/mol. The van der Waals surface area contributed by atoms with E-state index in [1.54, 1.807) is 6.07 Å². The maximum Gasteiger partial charge on any atom is 0.231 e. The van der Waals surface area contributed by atoms with Crippen LogP contribution in [0.4, 0.5) is 5.69 Å². The van der Waals surface area contributed by atoms with E-state index in [-0.39, 0.29) is 18.6 Å². The van der Waals surface area contributed by atoms with Gasteiger partial charge in [-0.15, -0.1) is 0 Å². The standard InChI is InChI=1S/C12H13NO3/c14-12(8-2-1-3-8)13-9-4-5-10-11(6-9)16-7-15-10/h4-6,8H,1-3,7H2,(H,13,14). The van der Waals surface area contributed by atoms with E-state index < -0.39 is 0 Å². The van der Waals surface area contributed by atoms with E-state index >= 15 is 0 Å². The fourth-order valence-electron chi connectivity index (χ4n) is 1.89. The number of hydrogen-bond donors (Lipinski definition) is 1. The highest BCUT2D eigenvalue weighted by Crippen LogP contribution is 2.35. The number of anilines is 1. The van der Waals surface area contributed by atoms with Crippen LogP contribution in [0.15, 0.2) is 18.2 Å². The van der Waals surface area contributed by atoms with Gasteiger partial charge in [0.15, 0.2) is 11.5 Å². The Hall–Kier alpha value is -1.71. The van der Waals surface area contributed by atoms with Crippen LogP contribution < -0.4 is 14.8 Å². The summed E-state index contributed by atoms with van der Waals surface area (Å²) >= 11 is 0. The van der Waals surface area contributed by atoms with Crippen LogP contribution in [0.3, 0.4) is 0 Å². The van der Waals surface area contributed by atoms with Gasteiger partial charge in [0.25, 0.3) is 0 Å². The van der Waals surface area contributed by atoms with Gasteiger partial charge in [0, 0.05) is 17.7 Å². The molecule has 1 amide bonds. The number of carbonyl (C=O) groups is 1. The Morgan fingerprint density at radius 1 is 1.25 bits per heavy atom. The Labute approximate surface area is 93.5 Å². The summed E-state index contributed by atoms with van der Waals surface area (Å²) in [4.78, 5) is 11.7. The second-order valence-corrected chi connectivity index (χ2v) is 4.19. The van der Waals surface area contributed by atoms with Crippen LogP contribution in [-0.2, 0) is 4.79 Å². The number of hydrogen-bond acceptors (Lipinski definition) is 3. The number of rotatable bonds is 2. The van der Waals surface area contributed by atoms with Crippen molar-refractivity contribution in [3.05, 3.63) is 18.2 Å². The Morgan fingerprint density at radius 2 is 2.06 bits per heavy atom. The van der Waals surface area contributed by atoms with Gasteiger partial charge in [0.2, 0.25) is 12.7 Å². The summed E-state index contributed by atoms with van der Waals surface area (Å²) in [5, 5.41) is 2.90. The lowest BCUT2D eigenvalue weighted by molar-refractivity contribution is -0.122. The third-order valence-corrected chi connectivity index (χ3v) is 3.12. The van der Waals surface area contributed by atoms with Gasteiger partial charge in [-0.2, -0.15) is 0 Å². The molecule has 1 heterocycles. The topological polar surface area (TPSA) is 47.6 Å². The van der Waals surface area contributed by atoms with Crippen molar-refractivity contribution in [2.45, 2.75) is 19.3 Å². The van der Waals surface area contributed by atoms with Gasteiger partial charge >= 0.3 is 0 Å². The molecule has 2 aliphatic rings. The number of benzene rings is 1. The van der Waals surface area contributed by atoms with Crippen molar-refractivity contribution in [1.29, 1.82) is 0 Å². The van der Waals surface area contributed by atoms with E-state index in [0.717, 1.165) is 24.3 Å². The molecule has 0 bridgehead atoms. The molecule has 1 aromatic carbocycles. The minimum absolute atomic E-state index is 0.116. The Balaban J connectivity index is 1.72. The van der Waals surface area contributed by atoms with Crippen molar-refractivity contribution in [1.82, 2.24) is 0 Å². The lowest BCUT2D eigenvalue weighted by Crippen LogP contribution is -2.27. The highest BCUT2D eigenvalue weighted by molar-refractivity contribution is 5.93. The average molecular weight is 219 g/mol. The van der Waals surface area contributed by atoms with E-state index in [1.165, 1.54) is 6.42 Å². The first-order valence-electron chi connectivity index (χ1n) is 5.53. The molecule has 0 atom stereocenters. The molecule has 1 aliphatic carbocycles. The molecule has 0 aromatic heterocycles. The fourth-order valence-corrected chi connectivity index (χ4v) is 1.89. The average Bonchev–Trinajstić information content (AvgIpc) is 2.61. The molecule has 1 aliphatic heterocycles. The zero-order chi connectivity index (χ0) is 11.0. The zero-order valence-electron chi connectivity index (χ0n) is 8.86. The largest absolute Gasteiger partial charge is 0.454 e. The van der Waals surface area contributed by atoms with Crippen LogP contribution in [0.2, 0.25) is 0 Å². The molecule has 1 N–H and O–H groups in total. The van der Waals surface area contributed by atoms with E-state index in [4.69, 9.17) is 9.47 Å². The monoisotopic (exact) mass is 219 g/mol. The Kier molecular flexibility index (Phi) is 2.20. The second kappa shape index (κ2) is 3.70. The van der Waals surface area contributed by atoms with Gasteiger partial charge in [0.05, 0.1) is 0 Å². The van der Waals surface area contributed by atoms with Gasteiger partial charge in [-0.25, -0.2) is 0 Å². The quantitative estimate of drug-likeness (QED) is 0.829. The van der Waals surface area contributed by atoms with E-state index in [2.05, 4.69) is 5.32 Å². The minimum Gasteiger partial charge on any atom is -0.454 e. The molecule has 1 fully saturated rings. The highest BCUT2D eigenvalue weighted by atomic mass is 16.7. The first-order valence-corrected chi connectivity index (χ1v) is 5.53. The molecule has 16 heavy (non-hydrogen) atoms. The van der Waals surface area contributed by atoms with Crippen LogP contribution in [0, 0.1) is 5.92 Å². The van der Waals surface area contributed by atoms with Crippen LogP contribution in [-0.4, -0.2) is 12.7 Å². The summed E-state index contributed by atoms with van der Waals surface area (Å²) in [6, 6.07) is 5.46. The van der Waals surface area contributed by atoms with E-state index in [1.807, 2.05) is 12.1 Å². The van der Waals surface area contributed by atoms with Crippen LogP contribution >= 0.6 is 0 Å². The van der Waals surface area contributed by atoms with E-state index in [0.29, 0.717) is 5.75 Å². The lowest BCUT2D eigenvalue weighted by atomic mass is 9.85.